The summed E-state index contributed by atoms with van der Waals surface area (Å²) in [7, 11) is 0. The van der Waals surface area contributed by atoms with Crippen LogP contribution in [0.25, 0.3) is 22.4 Å². The summed E-state index contributed by atoms with van der Waals surface area (Å²) >= 11 is 6.34. The van der Waals surface area contributed by atoms with E-state index in [1.807, 2.05) is 18.2 Å². The summed E-state index contributed by atoms with van der Waals surface area (Å²) in [6.07, 6.45) is 2.20. The number of nitrogens with zero attached hydrogens (tertiary/aromatic N) is 2. The van der Waals surface area contributed by atoms with Crippen molar-refractivity contribution in [2.45, 2.75) is 18.9 Å². The van der Waals surface area contributed by atoms with Gasteiger partial charge in [-0.3, -0.25) is 0 Å². The van der Waals surface area contributed by atoms with Gasteiger partial charge in [0.15, 0.2) is 0 Å². The number of fused-ring (bicyclic) bond motifs is 1. The number of hydrogen-bond donors (Lipinski definition) is 1. The van der Waals surface area contributed by atoms with E-state index in [4.69, 9.17) is 17.3 Å². The minimum atomic E-state index is -0.423. The van der Waals surface area contributed by atoms with Crippen LogP contribution in [0.3, 0.4) is 0 Å². The van der Waals surface area contributed by atoms with Crippen LogP contribution < -0.4 is 5.73 Å². The summed E-state index contributed by atoms with van der Waals surface area (Å²) in [4.78, 5) is 4.65. The fourth-order valence-corrected chi connectivity index (χ4v) is 2.93. The van der Waals surface area contributed by atoms with Crippen molar-refractivity contribution in [3.05, 3.63) is 47.2 Å². The molecule has 1 aliphatic carbocycles. The molecular weight excluding hydrogens is 289 g/mol. The summed E-state index contributed by atoms with van der Waals surface area (Å²) in [5.41, 5.74) is 8.18. The molecule has 0 spiro atoms. The molecular formula is C16H13ClFN3. The Kier molecular flexibility index (Phi) is 2.69. The molecule has 3 nitrogen and oxygen atoms in total. The van der Waals surface area contributed by atoms with Gasteiger partial charge in [-0.25, -0.2) is 9.37 Å². The lowest BCUT2D eigenvalue weighted by atomic mass is 10.2. The van der Waals surface area contributed by atoms with Crippen LogP contribution in [0, 0.1) is 5.82 Å². The molecule has 0 amide bonds. The van der Waals surface area contributed by atoms with Gasteiger partial charge >= 0.3 is 0 Å². The highest BCUT2D eigenvalue weighted by Crippen LogP contribution is 2.43. The van der Waals surface area contributed by atoms with E-state index in [1.165, 1.54) is 6.07 Å². The zero-order valence-electron chi connectivity index (χ0n) is 11.2. The summed E-state index contributed by atoms with van der Waals surface area (Å²) in [5.74, 6) is 0.326. The molecule has 2 aromatic carbocycles. The van der Waals surface area contributed by atoms with Crippen LogP contribution in [0.1, 0.15) is 18.9 Å². The second-order valence-corrected chi connectivity index (χ2v) is 5.79. The standard InChI is InChI=1S/C16H13ClFN3/c17-11-2-1-3-14-15(11)21(10-5-6-10)16(20-14)9-4-7-13(19)12(18)8-9/h1-4,7-8,10H,5-6,19H2. The maximum atomic E-state index is 13.8. The Labute approximate surface area is 126 Å². The van der Waals surface area contributed by atoms with Crippen molar-refractivity contribution in [2.24, 2.45) is 0 Å². The maximum Gasteiger partial charge on any atom is 0.146 e. The molecule has 1 aromatic heterocycles. The molecule has 0 unspecified atom stereocenters. The molecule has 0 radical (unpaired) electrons. The van der Waals surface area contributed by atoms with Gasteiger partial charge in [0.1, 0.15) is 11.6 Å². The van der Waals surface area contributed by atoms with Crippen molar-refractivity contribution >= 4 is 28.3 Å². The third kappa shape index (κ3) is 1.98. The first-order valence-corrected chi connectivity index (χ1v) is 7.25. The molecule has 3 aromatic rings. The number of nitrogens with two attached hydrogens (primary N) is 1. The van der Waals surface area contributed by atoms with E-state index in [9.17, 15) is 4.39 Å². The Morgan fingerprint density at radius 1 is 1.24 bits per heavy atom. The number of rotatable bonds is 2. The van der Waals surface area contributed by atoms with E-state index < -0.39 is 5.82 Å². The first-order chi connectivity index (χ1) is 10.1. The monoisotopic (exact) mass is 301 g/mol. The van der Waals surface area contributed by atoms with Crippen LogP contribution in [0.4, 0.5) is 10.1 Å². The van der Waals surface area contributed by atoms with Gasteiger partial charge in [-0.2, -0.15) is 0 Å². The highest BCUT2D eigenvalue weighted by Gasteiger charge is 2.29. The molecule has 2 N–H and O–H groups in total. The van der Waals surface area contributed by atoms with Gasteiger partial charge in [0.05, 0.1) is 21.7 Å². The van der Waals surface area contributed by atoms with Crippen molar-refractivity contribution in [3.63, 3.8) is 0 Å². The van der Waals surface area contributed by atoms with E-state index in [2.05, 4.69) is 9.55 Å². The smallest absolute Gasteiger partial charge is 0.146 e. The van der Waals surface area contributed by atoms with Crippen LogP contribution in [0.15, 0.2) is 36.4 Å². The molecule has 0 aliphatic heterocycles. The fraction of sp³-hybridized carbons (Fsp3) is 0.188. The maximum absolute atomic E-state index is 13.8. The molecule has 0 saturated heterocycles. The van der Waals surface area contributed by atoms with Gasteiger partial charge in [-0.1, -0.05) is 17.7 Å². The second kappa shape index (κ2) is 4.46. The topological polar surface area (TPSA) is 43.8 Å². The SMILES string of the molecule is Nc1ccc(-c2nc3cccc(Cl)c3n2C2CC2)cc1F. The van der Waals surface area contributed by atoms with Crippen LogP contribution in [-0.4, -0.2) is 9.55 Å². The van der Waals surface area contributed by atoms with Crippen LogP contribution in [0.5, 0.6) is 0 Å². The van der Waals surface area contributed by atoms with Gasteiger partial charge in [-0.05, 0) is 43.2 Å². The van der Waals surface area contributed by atoms with Gasteiger partial charge in [-0.15, -0.1) is 0 Å². The molecule has 1 fully saturated rings. The number of benzene rings is 2. The lowest BCUT2D eigenvalue weighted by Crippen LogP contribution is -1.99. The number of anilines is 1. The minimum Gasteiger partial charge on any atom is -0.396 e. The summed E-state index contributed by atoms with van der Waals surface area (Å²) < 4.78 is 15.9. The first-order valence-electron chi connectivity index (χ1n) is 6.87. The van der Waals surface area contributed by atoms with Crippen LogP contribution in [-0.2, 0) is 0 Å². The van der Waals surface area contributed by atoms with E-state index in [-0.39, 0.29) is 5.69 Å². The quantitative estimate of drug-likeness (QED) is 0.712. The summed E-state index contributed by atoms with van der Waals surface area (Å²) in [6.45, 7) is 0. The zero-order chi connectivity index (χ0) is 14.6. The van der Waals surface area contributed by atoms with E-state index >= 15 is 0 Å². The van der Waals surface area contributed by atoms with Crippen molar-refractivity contribution in [1.82, 2.24) is 9.55 Å². The van der Waals surface area contributed by atoms with E-state index in [0.717, 1.165) is 35.3 Å². The number of nitrogen functional groups attached to an aromatic ring is 1. The predicted molar refractivity (Wildman–Crippen MR) is 82.8 cm³/mol. The molecule has 106 valence electrons. The normalized spacial score (nSPS) is 14.8. The Morgan fingerprint density at radius 2 is 2.05 bits per heavy atom. The Balaban J connectivity index is 2.01. The zero-order valence-corrected chi connectivity index (χ0v) is 11.9. The highest BCUT2D eigenvalue weighted by molar-refractivity contribution is 6.35. The predicted octanol–water partition coefficient (Wildman–Crippen LogP) is 4.41. The average molecular weight is 302 g/mol. The average Bonchev–Trinajstić information content (AvgIpc) is 3.22. The largest absolute Gasteiger partial charge is 0.396 e. The number of halogens is 2. The van der Waals surface area contributed by atoms with E-state index in [1.54, 1.807) is 12.1 Å². The van der Waals surface area contributed by atoms with Crippen LogP contribution >= 0.6 is 11.6 Å². The number of hydrogen-bond acceptors (Lipinski definition) is 2. The molecule has 5 heteroatoms. The molecule has 1 heterocycles. The lowest BCUT2D eigenvalue weighted by Gasteiger charge is -2.09. The minimum absolute atomic E-state index is 0.144. The van der Waals surface area contributed by atoms with Crippen LogP contribution in [0.2, 0.25) is 5.02 Å². The third-order valence-electron chi connectivity index (χ3n) is 3.83. The first kappa shape index (κ1) is 12.7. The van der Waals surface area contributed by atoms with Gasteiger partial charge in [0, 0.05) is 11.6 Å². The lowest BCUT2D eigenvalue weighted by molar-refractivity contribution is 0.632. The van der Waals surface area contributed by atoms with Gasteiger partial charge < -0.3 is 10.3 Å². The van der Waals surface area contributed by atoms with E-state index in [0.29, 0.717) is 11.1 Å². The van der Waals surface area contributed by atoms with Crippen molar-refractivity contribution in [1.29, 1.82) is 0 Å². The summed E-state index contributed by atoms with van der Waals surface area (Å²) in [6, 6.07) is 10.9. The molecule has 21 heavy (non-hydrogen) atoms. The Bertz CT molecular complexity index is 852. The molecule has 1 saturated carbocycles. The van der Waals surface area contributed by atoms with Crippen molar-refractivity contribution < 1.29 is 4.39 Å². The van der Waals surface area contributed by atoms with Gasteiger partial charge in [0.2, 0.25) is 0 Å². The third-order valence-corrected chi connectivity index (χ3v) is 4.14. The number of imidazole rings is 1. The Morgan fingerprint density at radius 3 is 2.76 bits per heavy atom. The highest BCUT2D eigenvalue weighted by atomic mass is 35.5. The van der Waals surface area contributed by atoms with Crippen molar-refractivity contribution in [2.75, 3.05) is 5.73 Å². The molecule has 1 aliphatic rings. The fourth-order valence-electron chi connectivity index (χ4n) is 2.66. The second-order valence-electron chi connectivity index (χ2n) is 5.38. The summed E-state index contributed by atoms with van der Waals surface area (Å²) in [5, 5.41) is 0.675. The molecule has 0 bridgehead atoms. The van der Waals surface area contributed by atoms with Gasteiger partial charge in [0.25, 0.3) is 0 Å². The Hall–Kier alpha value is -2.07. The molecule has 0 atom stereocenters. The number of aromatic nitrogens is 2. The number of para-hydroxylation sites is 1. The molecule has 4 rings (SSSR count). The van der Waals surface area contributed by atoms with Crippen molar-refractivity contribution in [3.8, 4) is 11.4 Å².